The quantitative estimate of drug-likeness (QED) is 0.774. The van der Waals surface area contributed by atoms with E-state index in [1.807, 2.05) is 5.92 Å². The van der Waals surface area contributed by atoms with Crippen molar-refractivity contribution in [2.75, 3.05) is 30.9 Å². The Hall–Kier alpha value is -3.42. The summed E-state index contributed by atoms with van der Waals surface area (Å²) in [6.45, 7) is -0.526. The van der Waals surface area contributed by atoms with Crippen LogP contribution in [0.4, 0.5) is 34.1 Å². The molecule has 1 aromatic rings. The highest BCUT2D eigenvalue weighted by Crippen LogP contribution is 2.41. The molecule has 0 unspecified atom stereocenters. The molecule has 1 aliphatic heterocycles. The molecule has 138 valence electrons. The summed E-state index contributed by atoms with van der Waals surface area (Å²) in [5.41, 5.74) is -0.716. The molecule has 0 aliphatic carbocycles. The average molecular weight is 370 g/mol. The molecule has 1 aromatic carbocycles. The highest BCUT2D eigenvalue weighted by molar-refractivity contribution is 6.03. The van der Waals surface area contributed by atoms with Crippen LogP contribution in [0.15, 0.2) is 12.1 Å². The van der Waals surface area contributed by atoms with Gasteiger partial charge < -0.3 is 15.4 Å². The zero-order valence-electron chi connectivity index (χ0n) is 13.6. The van der Waals surface area contributed by atoms with Crippen LogP contribution in [0.25, 0.3) is 0 Å². The zero-order chi connectivity index (χ0) is 19.6. The summed E-state index contributed by atoms with van der Waals surface area (Å²) in [4.78, 5) is 36.2. The number of rotatable bonds is 2. The fourth-order valence-electron chi connectivity index (χ4n) is 2.09. The van der Waals surface area contributed by atoms with Crippen LogP contribution in [-0.2, 0) is 4.79 Å². The van der Waals surface area contributed by atoms with Crippen molar-refractivity contribution in [3.8, 4) is 18.1 Å². The molecule has 0 atom stereocenters. The van der Waals surface area contributed by atoms with Crippen molar-refractivity contribution in [1.82, 2.24) is 10.2 Å². The number of fused-ring (bicyclic) bond motifs is 1. The summed E-state index contributed by atoms with van der Waals surface area (Å²) in [5.74, 6) is -1.43. The van der Waals surface area contributed by atoms with Gasteiger partial charge in [-0.05, 0) is 6.07 Å². The van der Waals surface area contributed by atoms with E-state index >= 15 is 0 Å². The van der Waals surface area contributed by atoms with E-state index in [1.165, 1.54) is 7.05 Å². The van der Waals surface area contributed by atoms with Gasteiger partial charge in [0.05, 0.1) is 17.9 Å². The first-order valence-corrected chi connectivity index (χ1v) is 7.04. The Balaban J connectivity index is 2.42. The minimum absolute atomic E-state index is 0.252. The topological polar surface area (TPSA) is 91.0 Å². The number of terminal acetylenes is 1. The number of urea groups is 2. The van der Waals surface area contributed by atoms with Crippen molar-refractivity contribution in [3.63, 3.8) is 0 Å². The van der Waals surface area contributed by atoms with Gasteiger partial charge in [-0.3, -0.25) is 9.69 Å². The lowest BCUT2D eigenvalue weighted by Crippen LogP contribution is -2.51. The highest BCUT2D eigenvalue weighted by atomic mass is 19.3. The maximum Gasteiger partial charge on any atom is 0.483 e. The summed E-state index contributed by atoms with van der Waals surface area (Å²) in [7, 11) is 2.41. The van der Waals surface area contributed by atoms with Gasteiger partial charge in [-0.25, -0.2) is 18.9 Å². The number of halogens is 3. The molecule has 0 aromatic heterocycles. The second-order valence-electron chi connectivity index (χ2n) is 5.06. The maximum atomic E-state index is 14.1. The molecule has 8 nitrogen and oxygen atoms in total. The lowest BCUT2D eigenvalue weighted by molar-refractivity contribution is -0.192. The summed E-state index contributed by atoms with van der Waals surface area (Å²) < 4.78 is 45.6. The van der Waals surface area contributed by atoms with Crippen molar-refractivity contribution in [2.45, 2.75) is 6.11 Å². The summed E-state index contributed by atoms with van der Waals surface area (Å²) in [5, 5.41) is 4.28. The van der Waals surface area contributed by atoms with E-state index < -0.39 is 47.9 Å². The van der Waals surface area contributed by atoms with Crippen molar-refractivity contribution in [1.29, 1.82) is 0 Å². The van der Waals surface area contributed by atoms with Gasteiger partial charge in [0.15, 0.2) is 11.6 Å². The SMILES string of the molecule is C#CCN1C(=O)C(F)(F)Oc2cc(F)c(NC(=O)N(C)C(=O)NC)cc21. The van der Waals surface area contributed by atoms with Crippen molar-refractivity contribution >= 4 is 29.3 Å². The summed E-state index contributed by atoms with van der Waals surface area (Å²) >= 11 is 0. The van der Waals surface area contributed by atoms with E-state index in [1.54, 1.807) is 0 Å². The second kappa shape index (κ2) is 6.83. The standard InChI is InChI=1S/C15H13F3N4O4/c1-4-5-22-10-7-9(20-14(25)21(3)13(24)19-2)8(16)6-11(10)26-15(17,18)12(22)23/h1,6-7H,5H2,2-3H3,(H,19,24)(H,20,25). The minimum Gasteiger partial charge on any atom is -0.423 e. The lowest BCUT2D eigenvalue weighted by Gasteiger charge is -2.32. The van der Waals surface area contributed by atoms with Gasteiger partial charge >= 0.3 is 24.1 Å². The fraction of sp³-hybridized carbons (Fsp3) is 0.267. The summed E-state index contributed by atoms with van der Waals surface area (Å²) in [6.07, 6.45) is 0.872. The average Bonchev–Trinajstić information content (AvgIpc) is 2.58. The number of nitrogens with zero attached hydrogens (tertiary/aromatic N) is 2. The predicted octanol–water partition coefficient (Wildman–Crippen LogP) is 1.58. The molecule has 5 amide bonds. The predicted molar refractivity (Wildman–Crippen MR) is 84.4 cm³/mol. The number of carbonyl (C=O) groups excluding carboxylic acids is 3. The number of alkyl halides is 2. The van der Waals surface area contributed by atoms with Gasteiger partial charge in [-0.15, -0.1) is 6.42 Å². The Labute approximate surface area is 145 Å². The minimum atomic E-state index is -4.21. The third-order valence-corrected chi connectivity index (χ3v) is 3.39. The Morgan fingerprint density at radius 1 is 1.38 bits per heavy atom. The van der Waals surface area contributed by atoms with Crippen LogP contribution in [0, 0.1) is 18.2 Å². The van der Waals surface area contributed by atoms with Crippen LogP contribution in [0.1, 0.15) is 0 Å². The normalized spacial score (nSPS) is 14.6. The molecular weight excluding hydrogens is 357 g/mol. The first-order valence-electron chi connectivity index (χ1n) is 7.04. The second-order valence-corrected chi connectivity index (χ2v) is 5.06. The molecule has 0 spiro atoms. The Morgan fingerprint density at radius 3 is 2.62 bits per heavy atom. The van der Waals surface area contributed by atoms with Gasteiger partial charge in [0, 0.05) is 20.2 Å². The zero-order valence-corrected chi connectivity index (χ0v) is 13.6. The van der Waals surface area contributed by atoms with Gasteiger partial charge in [0.2, 0.25) is 0 Å². The Bertz CT molecular complexity index is 822. The molecule has 0 bridgehead atoms. The molecule has 0 radical (unpaired) electrons. The number of ether oxygens (including phenoxy) is 1. The maximum absolute atomic E-state index is 14.1. The number of benzene rings is 1. The molecule has 0 saturated heterocycles. The van der Waals surface area contributed by atoms with E-state index in [2.05, 4.69) is 15.4 Å². The molecule has 2 N–H and O–H groups in total. The largest absolute Gasteiger partial charge is 0.483 e. The molecular formula is C15H13F3N4O4. The van der Waals surface area contributed by atoms with E-state index in [0.29, 0.717) is 15.9 Å². The molecule has 1 heterocycles. The molecule has 2 rings (SSSR count). The van der Waals surface area contributed by atoms with Crippen LogP contribution in [0.2, 0.25) is 0 Å². The van der Waals surface area contributed by atoms with Crippen LogP contribution >= 0.6 is 0 Å². The monoisotopic (exact) mass is 370 g/mol. The first kappa shape index (κ1) is 18.9. The third-order valence-electron chi connectivity index (χ3n) is 3.39. The molecule has 1 aliphatic rings. The van der Waals surface area contributed by atoms with E-state index in [0.717, 1.165) is 13.1 Å². The van der Waals surface area contributed by atoms with Gasteiger partial charge in [-0.1, -0.05) is 5.92 Å². The van der Waals surface area contributed by atoms with E-state index in [4.69, 9.17) is 6.42 Å². The Kier molecular flexibility index (Phi) is 4.97. The van der Waals surface area contributed by atoms with Crippen molar-refractivity contribution < 1.29 is 32.3 Å². The molecule has 11 heteroatoms. The van der Waals surface area contributed by atoms with Crippen molar-refractivity contribution in [2.24, 2.45) is 0 Å². The van der Waals surface area contributed by atoms with E-state index in [-0.39, 0.29) is 5.69 Å². The molecule has 0 saturated carbocycles. The van der Waals surface area contributed by atoms with Gasteiger partial charge in [0.1, 0.15) is 0 Å². The third kappa shape index (κ3) is 3.34. The van der Waals surface area contributed by atoms with Crippen LogP contribution in [0.5, 0.6) is 5.75 Å². The number of hydrogen-bond acceptors (Lipinski definition) is 4. The number of anilines is 2. The first-order chi connectivity index (χ1) is 12.1. The van der Waals surface area contributed by atoms with Gasteiger partial charge in [-0.2, -0.15) is 8.78 Å². The fourth-order valence-corrected chi connectivity index (χ4v) is 2.09. The molecule has 26 heavy (non-hydrogen) atoms. The van der Waals surface area contributed by atoms with Gasteiger partial charge in [0.25, 0.3) is 0 Å². The summed E-state index contributed by atoms with van der Waals surface area (Å²) in [6, 6.07) is -0.285. The highest BCUT2D eigenvalue weighted by Gasteiger charge is 2.50. The number of carbonyl (C=O) groups is 3. The number of hydrogen-bond donors (Lipinski definition) is 2. The molecule has 0 fully saturated rings. The van der Waals surface area contributed by atoms with Crippen molar-refractivity contribution in [3.05, 3.63) is 17.9 Å². The smallest absolute Gasteiger partial charge is 0.423 e. The van der Waals surface area contributed by atoms with Crippen LogP contribution in [0.3, 0.4) is 0 Å². The number of amides is 5. The van der Waals surface area contributed by atoms with E-state index in [9.17, 15) is 27.6 Å². The Morgan fingerprint density at radius 2 is 2.04 bits per heavy atom. The number of imide groups is 1. The van der Waals surface area contributed by atoms with Crippen LogP contribution in [-0.4, -0.2) is 49.6 Å². The lowest BCUT2D eigenvalue weighted by atomic mass is 10.2. The number of nitrogens with one attached hydrogen (secondary N) is 2. The van der Waals surface area contributed by atoms with Crippen LogP contribution < -0.4 is 20.3 Å².